The Morgan fingerprint density at radius 1 is 1.50 bits per heavy atom. The number of aromatic nitrogens is 1. The van der Waals surface area contributed by atoms with E-state index in [0.717, 1.165) is 6.07 Å². The molecule has 0 aliphatic carbocycles. The Balaban J connectivity index is 2.83. The molecule has 0 radical (unpaired) electrons. The van der Waals surface area contributed by atoms with Crippen LogP contribution in [0.1, 0.15) is 6.42 Å². The van der Waals surface area contributed by atoms with Gasteiger partial charge in [0.1, 0.15) is 5.82 Å². The summed E-state index contributed by atoms with van der Waals surface area (Å²) in [7, 11) is 0. The summed E-state index contributed by atoms with van der Waals surface area (Å²) in [5, 5.41) is 0. The average Bonchev–Trinajstić information content (AvgIpc) is 2.07. The molecule has 0 saturated heterocycles. The highest BCUT2D eigenvalue weighted by Gasteiger charge is 1.96. The molecule has 1 aromatic heterocycles. The molecule has 4 heteroatoms. The van der Waals surface area contributed by atoms with Gasteiger partial charge in [0.05, 0.1) is 0 Å². The fraction of sp³-hybridized carbons (Fsp3) is 0.375. The van der Waals surface area contributed by atoms with Gasteiger partial charge in [0.25, 0.3) is 5.56 Å². The zero-order chi connectivity index (χ0) is 8.97. The van der Waals surface area contributed by atoms with Crippen LogP contribution in [-0.2, 0) is 6.54 Å². The quantitative estimate of drug-likeness (QED) is 0.711. The van der Waals surface area contributed by atoms with Crippen LogP contribution in [0.5, 0.6) is 0 Å². The summed E-state index contributed by atoms with van der Waals surface area (Å²) in [4.78, 5) is 11.0. The topological polar surface area (TPSA) is 48.0 Å². The van der Waals surface area contributed by atoms with Crippen molar-refractivity contribution in [3.05, 3.63) is 34.5 Å². The molecule has 12 heavy (non-hydrogen) atoms. The van der Waals surface area contributed by atoms with Crippen molar-refractivity contribution in [2.75, 3.05) is 6.54 Å². The van der Waals surface area contributed by atoms with Crippen molar-refractivity contribution >= 4 is 0 Å². The van der Waals surface area contributed by atoms with Gasteiger partial charge in [-0.2, -0.15) is 0 Å². The van der Waals surface area contributed by atoms with Crippen LogP contribution >= 0.6 is 0 Å². The van der Waals surface area contributed by atoms with Crippen molar-refractivity contribution in [2.45, 2.75) is 13.0 Å². The number of nitrogens with zero attached hydrogens (tertiary/aromatic N) is 1. The summed E-state index contributed by atoms with van der Waals surface area (Å²) < 4.78 is 13.9. The molecule has 0 atom stereocenters. The molecule has 0 aromatic carbocycles. The molecule has 1 aromatic rings. The molecule has 3 nitrogen and oxygen atoms in total. The third-order valence-corrected chi connectivity index (χ3v) is 1.55. The van der Waals surface area contributed by atoms with E-state index in [9.17, 15) is 9.18 Å². The van der Waals surface area contributed by atoms with Crippen molar-refractivity contribution in [1.82, 2.24) is 4.57 Å². The zero-order valence-electron chi connectivity index (χ0n) is 6.66. The fourth-order valence-electron chi connectivity index (χ4n) is 0.939. The first-order chi connectivity index (χ1) is 5.74. The third-order valence-electron chi connectivity index (χ3n) is 1.55. The van der Waals surface area contributed by atoms with E-state index in [2.05, 4.69) is 0 Å². The first-order valence-corrected chi connectivity index (χ1v) is 3.80. The van der Waals surface area contributed by atoms with Crippen LogP contribution in [-0.4, -0.2) is 11.1 Å². The molecule has 2 N–H and O–H groups in total. The Morgan fingerprint density at radius 2 is 2.25 bits per heavy atom. The van der Waals surface area contributed by atoms with Crippen LogP contribution in [0.25, 0.3) is 0 Å². The number of pyridine rings is 1. The van der Waals surface area contributed by atoms with E-state index in [-0.39, 0.29) is 5.56 Å². The van der Waals surface area contributed by atoms with Crippen molar-refractivity contribution in [1.29, 1.82) is 0 Å². The Kier molecular flexibility index (Phi) is 2.99. The van der Waals surface area contributed by atoms with Crippen LogP contribution < -0.4 is 11.3 Å². The van der Waals surface area contributed by atoms with E-state index in [1.165, 1.54) is 16.8 Å². The highest BCUT2D eigenvalue weighted by Crippen LogP contribution is 1.92. The van der Waals surface area contributed by atoms with Crippen molar-refractivity contribution in [3.8, 4) is 0 Å². The van der Waals surface area contributed by atoms with E-state index in [4.69, 9.17) is 5.73 Å². The van der Waals surface area contributed by atoms with Crippen LogP contribution in [0.15, 0.2) is 23.1 Å². The van der Waals surface area contributed by atoms with E-state index < -0.39 is 5.82 Å². The lowest BCUT2D eigenvalue weighted by atomic mass is 10.4. The second-order valence-electron chi connectivity index (χ2n) is 2.52. The molecular weight excluding hydrogens is 159 g/mol. The largest absolute Gasteiger partial charge is 0.330 e. The Bertz CT molecular complexity index is 308. The smallest absolute Gasteiger partial charge is 0.250 e. The molecule has 0 aliphatic rings. The molecule has 0 saturated carbocycles. The normalized spacial score (nSPS) is 10.2. The predicted molar refractivity (Wildman–Crippen MR) is 44.3 cm³/mol. The SMILES string of the molecule is NCCCn1cc(F)ccc1=O. The van der Waals surface area contributed by atoms with Crippen molar-refractivity contribution in [3.63, 3.8) is 0 Å². The molecule has 0 bridgehead atoms. The monoisotopic (exact) mass is 170 g/mol. The molecule has 0 spiro atoms. The molecular formula is C8H11FN2O. The predicted octanol–water partition coefficient (Wildman–Crippen LogP) is 0.336. The number of halogens is 1. The molecule has 66 valence electrons. The summed E-state index contributed by atoms with van der Waals surface area (Å²) in [6, 6.07) is 2.37. The molecule has 0 amide bonds. The number of rotatable bonds is 3. The van der Waals surface area contributed by atoms with Gasteiger partial charge in [-0.05, 0) is 19.0 Å². The summed E-state index contributed by atoms with van der Waals surface area (Å²) in [5.74, 6) is -0.397. The summed E-state index contributed by atoms with van der Waals surface area (Å²) >= 11 is 0. The summed E-state index contributed by atoms with van der Waals surface area (Å²) in [6.45, 7) is 0.982. The van der Waals surface area contributed by atoms with Crippen molar-refractivity contribution < 1.29 is 4.39 Å². The molecule has 1 heterocycles. The van der Waals surface area contributed by atoms with Gasteiger partial charge in [0, 0.05) is 18.8 Å². The van der Waals surface area contributed by atoms with Crippen molar-refractivity contribution in [2.24, 2.45) is 5.73 Å². The van der Waals surface area contributed by atoms with Crippen LogP contribution in [0.2, 0.25) is 0 Å². The van der Waals surface area contributed by atoms with E-state index in [1.807, 2.05) is 0 Å². The van der Waals surface area contributed by atoms with Gasteiger partial charge in [0.2, 0.25) is 0 Å². The lowest BCUT2D eigenvalue weighted by molar-refractivity contribution is 0.568. The first-order valence-electron chi connectivity index (χ1n) is 3.80. The number of aryl methyl sites for hydroxylation is 1. The van der Waals surface area contributed by atoms with Gasteiger partial charge in [-0.3, -0.25) is 4.79 Å². The van der Waals surface area contributed by atoms with E-state index >= 15 is 0 Å². The highest BCUT2D eigenvalue weighted by atomic mass is 19.1. The second kappa shape index (κ2) is 4.01. The highest BCUT2D eigenvalue weighted by molar-refractivity contribution is 4.96. The minimum absolute atomic E-state index is 0.190. The number of nitrogens with two attached hydrogens (primary N) is 1. The maximum atomic E-state index is 12.6. The summed E-state index contributed by atoms with van der Waals surface area (Å²) in [5.41, 5.74) is 5.07. The lowest BCUT2D eigenvalue weighted by Gasteiger charge is -2.02. The van der Waals surface area contributed by atoms with Gasteiger partial charge in [-0.25, -0.2) is 4.39 Å². The molecule has 0 unspecified atom stereocenters. The van der Waals surface area contributed by atoms with Crippen LogP contribution in [0.4, 0.5) is 4.39 Å². The zero-order valence-corrected chi connectivity index (χ0v) is 6.66. The maximum absolute atomic E-state index is 12.6. The Hall–Kier alpha value is -1.16. The Labute approximate surface area is 69.6 Å². The van der Waals surface area contributed by atoms with Gasteiger partial charge in [-0.1, -0.05) is 0 Å². The number of hydrogen-bond acceptors (Lipinski definition) is 2. The minimum atomic E-state index is -0.397. The fourth-order valence-corrected chi connectivity index (χ4v) is 0.939. The lowest BCUT2D eigenvalue weighted by Crippen LogP contribution is -2.20. The van der Waals surface area contributed by atoms with Crippen LogP contribution in [0.3, 0.4) is 0 Å². The van der Waals surface area contributed by atoms with Gasteiger partial charge in [-0.15, -0.1) is 0 Å². The van der Waals surface area contributed by atoms with Crippen LogP contribution in [0, 0.1) is 5.82 Å². The summed E-state index contributed by atoms with van der Waals surface area (Å²) in [6.07, 6.45) is 1.88. The Morgan fingerprint density at radius 3 is 2.92 bits per heavy atom. The third kappa shape index (κ3) is 2.17. The number of hydrogen-bond donors (Lipinski definition) is 1. The minimum Gasteiger partial charge on any atom is -0.330 e. The van der Waals surface area contributed by atoms with Gasteiger partial charge < -0.3 is 10.3 Å². The van der Waals surface area contributed by atoms with E-state index in [0.29, 0.717) is 19.5 Å². The molecule has 0 aliphatic heterocycles. The second-order valence-corrected chi connectivity index (χ2v) is 2.52. The average molecular weight is 170 g/mol. The standard InChI is InChI=1S/C8H11FN2O/c9-7-2-3-8(12)11(6-7)5-1-4-10/h2-3,6H,1,4-5,10H2. The molecule has 1 rings (SSSR count). The maximum Gasteiger partial charge on any atom is 0.250 e. The molecule has 0 fully saturated rings. The van der Waals surface area contributed by atoms with Gasteiger partial charge >= 0.3 is 0 Å². The van der Waals surface area contributed by atoms with E-state index in [1.54, 1.807) is 0 Å². The first kappa shape index (κ1) is 8.93. The van der Waals surface area contributed by atoms with Gasteiger partial charge in [0.15, 0.2) is 0 Å².